The molecule has 2 aromatic heterocycles. The average Bonchev–Trinajstić information content (AvgIpc) is 3.34. The van der Waals surface area contributed by atoms with Crippen LogP contribution < -0.4 is 5.82 Å². The lowest BCUT2D eigenvalue weighted by Crippen LogP contribution is -2.47. The number of likely N-dealkylation sites (N-methyl/N-ethyl adjacent to an activating group) is 1. The van der Waals surface area contributed by atoms with Crippen LogP contribution in [0.2, 0.25) is 0 Å². The summed E-state index contributed by atoms with van der Waals surface area (Å²) in [5.41, 5.74) is 3.86. The van der Waals surface area contributed by atoms with E-state index in [-0.39, 0.29) is 36.0 Å². The third-order valence-corrected chi connectivity index (χ3v) is 8.07. The van der Waals surface area contributed by atoms with Gasteiger partial charge in [0.1, 0.15) is 0 Å². The van der Waals surface area contributed by atoms with Crippen LogP contribution in [-0.4, -0.2) is 59.1 Å². The molecule has 0 saturated heterocycles. The highest BCUT2D eigenvalue weighted by Crippen LogP contribution is 2.45. The first kappa shape index (κ1) is 24.6. The van der Waals surface area contributed by atoms with Crippen LogP contribution in [0.1, 0.15) is 36.5 Å². The summed E-state index contributed by atoms with van der Waals surface area (Å²) in [4.78, 5) is 41.8. The molecule has 10 heteroatoms. The van der Waals surface area contributed by atoms with E-state index in [1.54, 1.807) is 6.92 Å². The molecule has 1 aromatic carbocycles. The smallest absolute Gasteiger partial charge is 0.441 e. The fraction of sp³-hybridized carbons (Fsp3) is 0.423. The zero-order valence-electron chi connectivity index (χ0n) is 20.7. The highest BCUT2D eigenvalue weighted by Gasteiger charge is 2.38. The van der Waals surface area contributed by atoms with Gasteiger partial charge in [0.2, 0.25) is 5.91 Å². The topological polar surface area (TPSA) is 98.1 Å². The number of aryl methyl sites for hydroxylation is 1. The van der Waals surface area contributed by atoms with Crippen LogP contribution in [0.4, 0.5) is 4.79 Å². The molecule has 1 aliphatic heterocycles. The molecule has 0 N–H and O–H groups in total. The van der Waals surface area contributed by atoms with E-state index >= 15 is 0 Å². The highest BCUT2D eigenvalue weighted by molar-refractivity contribution is 9.10. The second kappa shape index (κ2) is 9.40. The largest absolute Gasteiger partial charge is 0.519 e. The molecule has 0 bridgehead atoms. The molecular formula is C26H28BrN3O6. The van der Waals surface area contributed by atoms with Gasteiger partial charge in [0.25, 0.3) is 0 Å². The van der Waals surface area contributed by atoms with Crippen molar-refractivity contribution in [3.63, 3.8) is 0 Å². The molecule has 0 spiro atoms. The summed E-state index contributed by atoms with van der Waals surface area (Å²) in [6.07, 6.45) is 2.22. The molecular weight excluding hydrogens is 530 g/mol. The number of amides is 1. The van der Waals surface area contributed by atoms with Gasteiger partial charge < -0.3 is 18.5 Å². The monoisotopic (exact) mass is 557 g/mol. The molecule has 2 atom stereocenters. The van der Waals surface area contributed by atoms with E-state index in [0.717, 1.165) is 22.1 Å². The molecule has 3 aromatic rings. The maximum Gasteiger partial charge on any atom is 0.519 e. The highest BCUT2D eigenvalue weighted by atomic mass is 79.9. The van der Waals surface area contributed by atoms with Crippen LogP contribution in [0.3, 0.4) is 0 Å². The van der Waals surface area contributed by atoms with Gasteiger partial charge in [-0.3, -0.25) is 9.69 Å². The van der Waals surface area contributed by atoms with Gasteiger partial charge in [-0.05, 0) is 72.9 Å². The molecule has 1 amide bonds. The van der Waals surface area contributed by atoms with Gasteiger partial charge in [-0.2, -0.15) is 0 Å². The molecule has 3 heterocycles. The van der Waals surface area contributed by atoms with E-state index in [1.807, 2.05) is 44.0 Å². The van der Waals surface area contributed by atoms with Crippen molar-refractivity contribution in [2.24, 2.45) is 5.92 Å². The lowest BCUT2D eigenvalue weighted by molar-refractivity contribution is -0.134. The number of hydrogen-bond donors (Lipinski definition) is 0. The summed E-state index contributed by atoms with van der Waals surface area (Å²) in [5.74, 6) is -0.465. The number of benzene rings is 1. The van der Waals surface area contributed by atoms with E-state index in [1.165, 1.54) is 4.57 Å². The van der Waals surface area contributed by atoms with Crippen molar-refractivity contribution < 1.29 is 23.2 Å². The van der Waals surface area contributed by atoms with Crippen LogP contribution in [0.5, 0.6) is 0 Å². The number of rotatable bonds is 5. The number of aromatic nitrogens is 1. The van der Waals surface area contributed by atoms with Crippen molar-refractivity contribution >= 4 is 44.4 Å². The maximum absolute atomic E-state index is 13.2. The summed E-state index contributed by atoms with van der Waals surface area (Å²) in [6, 6.07) is 5.93. The van der Waals surface area contributed by atoms with E-state index in [0.29, 0.717) is 36.2 Å². The lowest BCUT2D eigenvalue weighted by atomic mass is 9.79. The first-order chi connectivity index (χ1) is 17.2. The van der Waals surface area contributed by atoms with E-state index in [2.05, 4.69) is 26.9 Å². The van der Waals surface area contributed by atoms with Crippen LogP contribution in [0.25, 0.3) is 16.5 Å². The molecule has 0 unspecified atom stereocenters. The Morgan fingerprint density at radius 1 is 1.22 bits per heavy atom. The molecule has 1 aliphatic carbocycles. The fourth-order valence-electron chi connectivity index (χ4n) is 5.39. The van der Waals surface area contributed by atoms with Crippen LogP contribution >= 0.6 is 15.9 Å². The second-order valence-corrected chi connectivity index (χ2v) is 9.94. The average molecular weight is 558 g/mol. The molecule has 190 valence electrons. The predicted molar refractivity (Wildman–Crippen MR) is 137 cm³/mol. The van der Waals surface area contributed by atoms with Crippen LogP contribution in [0.15, 0.2) is 42.5 Å². The van der Waals surface area contributed by atoms with Crippen LogP contribution in [-0.2, 0) is 22.6 Å². The van der Waals surface area contributed by atoms with Crippen molar-refractivity contribution in [1.29, 1.82) is 0 Å². The van der Waals surface area contributed by atoms with Crippen LogP contribution in [0, 0.1) is 12.8 Å². The number of ether oxygens (including phenoxy) is 1. The minimum absolute atomic E-state index is 0.0925. The molecule has 9 nitrogen and oxygen atoms in total. The van der Waals surface area contributed by atoms with Gasteiger partial charge in [-0.15, -0.1) is 0 Å². The van der Waals surface area contributed by atoms with E-state index in [9.17, 15) is 14.4 Å². The Morgan fingerprint density at radius 2 is 1.97 bits per heavy atom. The first-order valence-electron chi connectivity index (χ1n) is 12.0. The van der Waals surface area contributed by atoms with E-state index < -0.39 is 11.9 Å². The Balaban J connectivity index is 1.54. The van der Waals surface area contributed by atoms with Gasteiger partial charge in [0, 0.05) is 31.1 Å². The van der Waals surface area contributed by atoms with Gasteiger partial charge in [-0.25, -0.2) is 14.2 Å². The minimum atomic E-state index is -0.832. The number of hydrogen-bond acceptors (Lipinski definition) is 7. The lowest BCUT2D eigenvalue weighted by Gasteiger charge is -2.40. The molecule has 0 saturated carbocycles. The summed E-state index contributed by atoms with van der Waals surface area (Å²) in [6.45, 7) is 7.36. The molecule has 2 aliphatic rings. The Morgan fingerprint density at radius 3 is 2.64 bits per heavy atom. The van der Waals surface area contributed by atoms with Crippen molar-refractivity contribution in [2.45, 2.75) is 39.8 Å². The Bertz CT molecular complexity index is 1440. The van der Waals surface area contributed by atoms with Gasteiger partial charge in [-0.1, -0.05) is 18.2 Å². The van der Waals surface area contributed by atoms with Gasteiger partial charge in [0.05, 0.1) is 16.0 Å². The number of nitrogens with zero attached hydrogens (tertiary/aromatic N) is 3. The summed E-state index contributed by atoms with van der Waals surface area (Å²) >= 11 is 3.65. The summed E-state index contributed by atoms with van der Waals surface area (Å²) in [5, 5.41) is 0.971. The summed E-state index contributed by atoms with van der Waals surface area (Å²) < 4.78 is 17.4. The minimum Gasteiger partial charge on any atom is -0.441 e. The summed E-state index contributed by atoms with van der Waals surface area (Å²) in [7, 11) is 2.05. The third-order valence-electron chi connectivity index (χ3n) is 7.23. The zero-order chi connectivity index (χ0) is 25.7. The molecule has 0 radical (unpaired) electrons. The number of halogens is 1. The quantitative estimate of drug-likeness (QED) is 0.464. The Labute approximate surface area is 216 Å². The van der Waals surface area contributed by atoms with E-state index in [4.69, 9.17) is 13.6 Å². The third kappa shape index (κ3) is 3.92. The zero-order valence-corrected chi connectivity index (χ0v) is 22.3. The van der Waals surface area contributed by atoms with Crippen molar-refractivity contribution in [3.8, 4) is 0 Å². The van der Waals surface area contributed by atoms with Crippen molar-refractivity contribution in [2.75, 3.05) is 26.7 Å². The number of carbonyl (C=O) groups is 2. The van der Waals surface area contributed by atoms with Crippen molar-refractivity contribution in [3.05, 3.63) is 62.1 Å². The second-order valence-electron chi connectivity index (χ2n) is 9.19. The van der Waals surface area contributed by atoms with Gasteiger partial charge >= 0.3 is 11.9 Å². The number of fused-ring (bicyclic) bond motifs is 2. The van der Waals surface area contributed by atoms with Gasteiger partial charge in [0.15, 0.2) is 18.1 Å². The van der Waals surface area contributed by atoms with Crippen molar-refractivity contribution in [1.82, 2.24) is 14.4 Å². The predicted octanol–water partition coefficient (Wildman–Crippen LogP) is 4.18. The normalized spacial score (nSPS) is 19.2. The molecule has 36 heavy (non-hydrogen) atoms. The Hall–Kier alpha value is -3.11. The molecule has 0 fully saturated rings. The molecule has 5 rings (SSSR count). The standard InChI is InChI=1S/C26H28BrN3O6/c1-5-29(6-2)24(31)15-10-17-16-8-7-9-19-22(16)18(11-20(17)28(4)12-15)23(27)30(19)25(32)34-13-21-14(3)35-26(33)36-21/h7-10,15,20H,5-6,11-13H2,1-4H3/t15-,20-/m1/s1. The Kier molecular flexibility index (Phi) is 6.42. The maximum atomic E-state index is 13.2. The first-order valence-corrected chi connectivity index (χ1v) is 12.8. The SMILES string of the molecule is CCN(CC)C(=O)[C@@H]1C=C2c3cccc4c3c(c(Br)n4C(=O)OCc3oc(=O)oc3C)C[C@H]2N(C)C1. The fourth-order valence-corrected chi connectivity index (χ4v) is 6.09. The number of carbonyl (C=O) groups excluding carboxylic acids is 2.